The highest BCUT2D eigenvalue weighted by atomic mass is 16.6. The van der Waals surface area contributed by atoms with Crippen LogP contribution in [0.4, 0.5) is 11.4 Å². The molecule has 3 aliphatic rings. The van der Waals surface area contributed by atoms with E-state index in [2.05, 4.69) is 5.32 Å². The minimum absolute atomic E-state index is 0.0203. The van der Waals surface area contributed by atoms with E-state index in [1.54, 1.807) is 6.07 Å². The summed E-state index contributed by atoms with van der Waals surface area (Å²) in [5, 5.41) is 13.8. The van der Waals surface area contributed by atoms with Gasteiger partial charge in [-0.2, -0.15) is 0 Å². The fraction of sp³-hybridized carbons (Fsp3) is 0.562. The highest BCUT2D eigenvalue weighted by Gasteiger charge is 2.67. The lowest BCUT2D eigenvalue weighted by Gasteiger charge is -2.11. The van der Waals surface area contributed by atoms with Crippen molar-refractivity contribution in [3.8, 4) is 0 Å². The smallest absolute Gasteiger partial charge is 0.271 e. The number of hydrogen-bond donors (Lipinski definition) is 1. The second-order valence-electron chi connectivity index (χ2n) is 6.76. The van der Waals surface area contributed by atoms with E-state index in [9.17, 15) is 14.9 Å². The lowest BCUT2D eigenvalue weighted by atomic mass is 10.0. The maximum atomic E-state index is 12.5. The number of carbonyl (C=O) groups is 1. The van der Waals surface area contributed by atoms with Crippen LogP contribution in [0.2, 0.25) is 0 Å². The number of carbonyl (C=O) groups excluding carboxylic acids is 1. The molecular formula is C16H18N2O3. The molecule has 3 saturated carbocycles. The Balaban J connectivity index is 1.51. The number of aryl methyl sites for hydroxylation is 1. The molecule has 3 fully saturated rings. The molecule has 4 rings (SSSR count). The average molecular weight is 286 g/mol. The fourth-order valence-electron chi connectivity index (χ4n) is 4.75. The first-order valence-electron chi connectivity index (χ1n) is 7.62. The topological polar surface area (TPSA) is 72.2 Å². The summed E-state index contributed by atoms with van der Waals surface area (Å²) in [4.78, 5) is 22.9. The average Bonchev–Trinajstić information content (AvgIpc) is 2.90. The first kappa shape index (κ1) is 12.8. The van der Waals surface area contributed by atoms with Crippen LogP contribution in [0.5, 0.6) is 0 Å². The van der Waals surface area contributed by atoms with Gasteiger partial charge in [-0.15, -0.1) is 0 Å². The SMILES string of the molecule is Cc1ccc([N+](=O)[O-])cc1NC(=O)C1[C@@H]2[C@@H]3CC[C@@H](C3)[C@@H]12. The lowest BCUT2D eigenvalue weighted by molar-refractivity contribution is -0.384. The largest absolute Gasteiger partial charge is 0.325 e. The monoisotopic (exact) mass is 286 g/mol. The van der Waals surface area contributed by atoms with Crippen LogP contribution in [-0.4, -0.2) is 10.8 Å². The van der Waals surface area contributed by atoms with E-state index >= 15 is 0 Å². The van der Waals surface area contributed by atoms with Gasteiger partial charge < -0.3 is 5.32 Å². The molecule has 1 aromatic carbocycles. The zero-order valence-corrected chi connectivity index (χ0v) is 11.9. The molecule has 1 aromatic rings. The predicted octanol–water partition coefficient (Wildman–Crippen LogP) is 3.13. The van der Waals surface area contributed by atoms with Crippen molar-refractivity contribution >= 4 is 17.3 Å². The normalized spacial score (nSPS) is 35.4. The summed E-state index contributed by atoms with van der Waals surface area (Å²) in [7, 11) is 0. The van der Waals surface area contributed by atoms with E-state index in [0.29, 0.717) is 17.5 Å². The summed E-state index contributed by atoms with van der Waals surface area (Å²) in [6.45, 7) is 1.86. The van der Waals surface area contributed by atoms with Gasteiger partial charge in [0.15, 0.2) is 0 Å². The molecule has 1 N–H and O–H groups in total. The molecule has 2 bridgehead atoms. The van der Waals surface area contributed by atoms with Gasteiger partial charge in [-0.25, -0.2) is 0 Å². The van der Waals surface area contributed by atoms with Crippen LogP contribution >= 0.6 is 0 Å². The number of amides is 1. The molecule has 3 aliphatic carbocycles. The van der Waals surface area contributed by atoms with E-state index in [0.717, 1.165) is 17.4 Å². The third kappa shape index (κ3) is 1.87. The van der Waals surface area contributed by atoms with Gasteiger partial charge in [-0.05, 0) is 55.4 Å². The van der Waals surface area contributed by atoms with Crippen LogP contribution in [0, 0.1) is 46.6 Å². The van der Waals surface area contributed by atoms with Gasteiger partial charge >= 0.3 is 0 Å². The quantitative estimate of drug-likeness (QED) is 0.685. The van der Waals surface area contributed by atoms with Crippen LogP contribution in [0.1, 0.15) is 24.8 Å². The van der Waals surface area contributed by atoms with Gasteiger partial charge in [-0.1, -0.05) is 6.07 Å². The number of fused-ring (bicyclic) bond motifs is 5. The lowest BCUT2D eigenvalue weighted by Crippen LogP contribution is -2.19. The minimum atomic E-state index is -0.429. The first-order valence-corrected chi connectivity index (χ1v) is 7.62. The van der Waals surface area contributed by atoms with Gasteiger partial charge in [0, 0.05) is 18.1 Å². The zero-order chi connectivity index (χ0) is 14.7. The van der Waals surface area contributed by atoms with Crippen molar-refractivity contribution in [1.82, 2.24) is 0 Å². The van der Waals surface area contributed by atoms with Crippen LogP contribution < -0.4 is 5.32 Å². The Labute approximate surface area is 122 Å². The summed E-state index contributed by atoms with van der Waals surface area (Å²) >= 11 is 0. The Morgan fingerprint density at radius 1 is 1.29 bits per heavy atom. The Kier molecular flexibility index (Phi) is 2.62. The molecule has 0 spiro atoms. The van der Waals surface area contributed by atoms with E-state index in [4.69, 9.17) is 0 Å². The number of nitrogens with zero attached hydrogens (tertiary/aromatic N) is 1. The van der Waals surface area contributed by atoms with E-state index in [1.165, 1.54) is 31.4 Å². The molecule has 1 unspecified atom stereocenters. The summed E-state index contributed by atoms with van der Waals surface area (Å²) in [6, 6.07) is 4.61. The van der Waals surface area contributed by atoms with Crippen LogP contribution in [0.15, 0.2) is 18.2 Å². The maximum Gasteiger partial charge on any atom is 0.271 e. The van der Waals surface area contributed by atoms with Gasteiger partial charge in [0.2, 0.25) is 5.91 Å². The van der Waals surface area contributed by atoms with Crippen LogP contribution in [0.3, 0.4) is 0 Å². The Bertz CT molecular complexity index is 626. The zero-order valence-electron chi connectivity index (χ0n) is 11.9. The summed E-state index contributed by atoms with van der Waals surface area (Å²) in [5.74, 6) is 2.88. The van der Waals surface area contributed by atoms with Gasteiger partial charge in [0.1, 0.15) is 0 Å². The van der Waals surface area contributed by atoms with Crippen molar-refractivity contribution in [3.63, 3.8) is 0 Å². The standard InChI is InChI=1S/C16H18N2O3/c1-8-2-5-11(18(20)21)7-12(8)17-16(19)15-13-9-3-4-10(6-9)14(13)15/h2,5,7,9-10,13-15H,3-4,6H2,1H3,(H,17,19)/t9-,10+,13-,14-,15?/m1/s1. The number of hydrogen-bond acceptors (Lipinski definition) is 3. The van der Waals surface area contributed by atoms with Gasteiger partial charge in [0.05, 0.1) is 10.6 Å². The van der Waals surface area contributed by atoms with E-state index < -0.39 is 4.92 Å². The van der Waals surface area contributed by atoms with Crippen molar-refractivity contribution in [1.29, 1.82) is 0 Å². The molecule has 0 aromatic heterocycles. The van der Waals surface area contributed by atoms with Crippen molar-refractivity contribution in [2.75, 3.05) is 5.32 Å². The van der Waals surface area contributed by atoms with Crippen molar-refractivity contribution in [2.24, 2.45) is 29.6 Å². The van der Waals surface area contributed by atoms with Gasteiger partial charge in [-0.3, -0.25) is 14.9 Å². The fourth-order valence-corrected chi connectivity index (χ4v) is 4.75. The number of nitro benzene ring substituents is 1. The molecule has 1 amide bonds. The maximum absolute atomic E-state index is 12.5. The van der Waals surface area contributed by atoms with Crippen molar-refractivity contribution in [3.05, 3.63) is 33.9 Å². The van der Waals surface area contributed by atoms with E-state index in [1.807, 2.05) is 6.92 Å². The third-order valence-corrected chi connectivity index (χ3v) is 5.73. The molecular weight excluding hydrogens is 268 g/mol. The first-order chi connectivity index (χ1) is 10.1. The summed E-state index contributed by atoms with van der Waals surface area (Å²) in [5.41, 5.74) is 1.46. The summed E-state index contributed by atoms with van der Waals surface area (Å²) in [6.07, 6.45) is 3.88. The number of nitro groups is 1. The van der Waals surface area contributed by atoms with Crippen LogP contribution in [-0.2, 0) is 4.79 Å². The Hall–Kier alpha value is -1.91. The van der Waals surface area contributed by atoms with Gasteiger partial charge in [0.25, 0.3) is 5.69 Å². The minimum Gasteiger partial charge on any atom is -0.325 e. The molecule has 21 heavy (non-hydrogen) atoms. The summed E-state index contributed by atoms with van der Waals surface area (Å²) < 4.78 is 0. The number of nitrogens with one attached hydrogen (secondary N) is 1. The molecule has 5 heteroatoms. The number of rotatable bonds is 3. The molecule has 0 saturated heterocycles. The van der Waals surface area contributed by atoms with Crippen molar-refractivity contribution in [2.45, 2.75) is 26.2 Å². The van der Waals surface area contributed by atoms with E-state index in [-0.39, 0.29) is 17.5 Å². The Morgan fingerprint density at radius 2 is 1.95 bits per heavy atom. The number of non-ortho nitro benzene ring substituents is 1. The molecule has 5 atom stereocenters. The predicted molar refractivity (Wildman–Crippen MR) is 77.8 cm³/mol. The molecule has 0 heterocycles. The Morgan fingerprint density at radius 3 is 2.57 bits per heavy atom. The second kappa shape index (κ2) is 4.29. The highest BCUT2D eigenvalue weighted by molar-refractivity contribution is 5.96. The molecule has 0 radical (unpaired) electrons. The number of benzene rings is 1. The number of anilines is 1. The second-order valence-corrected chi connectivity index (χ2v) is 6.76. The highest BCUT2D eigenvalue weighted by Crippen LogP contribution is 2.69. The molecule has 5 nitrogen and oxygen atoms in total. The van der Waals surface area contributed by atoms with Crippen molar-refractivity contribution < 1.29 is 9.72 Å². The third-order valence-electron chi connectivity index (χ3n) is 5.73. The molecule has 0 aliphatic heterocycles. The van der Waals surface area contributed by atoms with Crippen LogP contribution in [0.25, 0.3) is 0 Å². The molecule has 110 valence electrons.